The Balaban J connectivity index is 5.32. The molecule has 0 aromatic carbocycles. The minimum atomic E-state index is -1.59. The van der Waals surface area contributed by atoms with Gasteiger partial charge >= 0.3 is 11.9 Å². The van der Waals surface area contributed by atoms with E-state index in [1.54, 1.807) is 13.8 Å². The third-order valence-electron chi connectivity index (χ3n) is 4.36. The molecule has 0 radical (unpaired) electrons. The third-order valence-corrected chi connectivity index (χ3v) is 4.73. The van der Waals surface area contributed by atoms with Crippen molar-refractivity contribution >= 4 is 48.2 Å². The lowest BCUT2D eigenvalue weighted by atomic mass is 9.97. The molecule has 0 heterocycles. The van der Waals surface area contributed by atoms with Crippen LogP contribution < -0.4 is 27.4 Å². The number of rotatable bonds is 14. The Hall–Kier alpha value is -2.87. The summed E-state index contributed by atoms with van der Waals surface area (Å²) in [7, 11) is 0. The fourth-order valence-electron chi connectivity index (χ4n) is 2.37. The second-order valence-corrected chi connectivity index (χ2v) is 7.25. The van der Waals surface area contributed by atoms with E-state index in [0.29, 0.717) is 6.42 Å². The van der Waals surface area contributed by atoms with E-state index in [9.17, 15) is 28.8 Å². The van der Waals surface area contributed by atoms with Gasteiger partial charge in [0.2, 0.25) is 23.6 Å². The van der Waals surface area contributed by atoms with Gasteiger partial charge in [0.25, 0.3) is 0 Å². The molecule has 5 atom stereocenters. The molecule has 31 heavy (non-hydrogen) atoms. The number of carboxylic acid groups (broad SMARTS) is 2. The van der Waals surface area contributed by atoms with E-state index >= 15 is 0 Å². The van der Waals surface area contributed by atoms with Crippen molar-refractivity contribution in [2.45, 2.75) is 57.3 Å². The Kier molecular flexibility index (Phi) is 12.2. The van der Waals surface area contributed by atoms with Gasteiger partial charge in [0.05, 0.1) is 18.9 Å². The number of nitrogens with one attached hydrogen (secondary N) is 3. The summed E-state index contributed by atoms with van der Waals surface area (Å²) in [4.78, 5) is 70.1. The van der Waals surface area contributed by atoms with E-state index in [4.69, 9.17) is 21.7 Å². The zero-order valence-corrected chi connectivity index (χ0v) is 18.1. The lowest BCUT2D eigenvalue weighted by Gasteiger charge is -2.27. The number of carboxylic acids is 2. The molecule has 0 fully saturated rings. The predicted octanol–water partition coefficient (Wildman–Crippen LogP) is -2.82. The second-order valence-electron chi connectivity index (χ2n) is 6.89. The highest BCUT2D eigenvalue weighted by atomic mass is 32.1. The van der Waals surface area contributed by atoms with Gasteiger partial charge in [-0.2, -0.15) is 12.6 Å². The number of carbonyl (C=O) groups is 6. The summed E-state index contributed by atoms with van der Waals surface area (Å²) < 4.78 is 0. The predicted molar refractivity (Wildman–Crippen MR) is 111 cm³/mol. The minimum absolute atomic E-state index is 0.222. The van der Waals surface area contributed by atoms with Crippen LogP contribution in [0, 0.1) is 5.92 Å². The van der Waals surface area contributed by atoms with E-state index in [0.717, 1.165) is 0 Å². The SMILES string of the molecule is CCC(C)C(NC(=O)C(N)CC(=O)O)C(=O)NC(CS)C(=O)NC(CC(N)=O)C(=O)O. The molecule has 0 saturated heterocycles. The first-order chi connectivity index (χ1) is 14.3. The van der Waals surface area contributed by atoms with Crippen molar-refractivity contribution in [3.05, 3.63) is 0 Å². The highest BCUT2D eigenvalue weighted by Gasteiger charge is 2.32. The summed E-state index contributed by atoms with van der Waals surface area (Å²) in [6.45, 7) is 3.40. The number of primary amides is 1. The lowest BCUT2D eigenvalue weighted by molar-refractivity contribution is -0.143. The Morgan fingerprint density at radius 2 is 1.45 bits per heavy atom. The quantitative estimate of drug-likeness (QED) is 0.124. The fraction of sp³-hybridized carbons (Fsp3) is 0.647. The van der Waals surface area contributed by atoms with Crippen molar-refractivity contribution in [2.24, 2.45) is 17.4 Å². The smallest absolute Gasteiger partial charge is 0.326 e. The van der Waals surface area contributed by atoms with E-state index < -0.39 is 78.5 Å². The minimum Gasteiger partial charge on any atom is -0.481 e. The molecule has 176 valence electrons. The van der Waals surface area contributed by atoms with Gasteiger partial charge < -0.3 is 37.6 Å². The van der Waals surface area contributed by atoms with Gasteiger partial charge in [0.1, 0.15) is 18.1 Å². The van der Waals surface area contributed by atoms with Crippen LogP contribution in [-0.4, -0.2) is 75.7 Å². The highest BCUT2D eigenvalue weighted by Crippen LogP contribution is 2.09. The van der Waals surface area contributed by atoms with Gasteiger partial charge in [0.15, 0.2) is 0 Å². The van der Waals surface area contributed by atoms with E-state index in [1.807, 2.05) is 0 Å². The molecule has 0 aliphatic carbocycles. The van der Waals surface area contributed by atoms with Crippen LogP contribution in [0.5, 0.6) is 0 Å². The van der Waals surface area contributed by atoms with Crippen LogP contribution in [-0.2, 0) is 28.8 Å². The van der Waals surface area contributed by atoms with Gasteiger partial charge in [-0.3, -0.25) is 24.0 Å². The average molecular weight is 464 g/mol. The number of amides is 4. The van der Waals surface area contributed by atoms with Gasteiger partial charge in [0, 0.05) is 5.75 Å². The zero-order chi connectivity index (χ0) is 24.3. The van der Waals surface area contributed by atoms with E-state index in [2.05, 4.69) is 28.6 Å². The molecule has 0 aromatic rings. The summed E-state index contributed by atoms with van der Waals surface area (Å²) in [5.74, 6) is -6.92. The first kappa shape index (κ1) is 28.1. The molecule has 0 saturated carbocycles. The van der Waals surface area contributed by atoms with Gasteiger partial charge in [-0.25, -0.2) is 4.79 Å². The Labute approximate surface area is 184 Å². The number of nitrogens with two attached hydrogens (primary N) is 2. The highest BCUT2D eigenvalue weighted by molar-refractivity contribution is 7.80. The first-order valence-corrected chi connectivity index (χ1v) is 9.97. The molecule has 0 aromatic heterocycles. The summed E-state index contributed by atoms with van der Waals surface area (Å²) in [6, 6.07) is -5.41. The van der Waals surface area contributed by atoms with Crippen LogP contribution in [0.3, 0.4) is 0 Å². The third kappa shape index (κ3) is 10.1. The Morgan fingerprint density at radius 1 is 0.903 bits per heavy atom. The van der Waals surface area contributed by atoms with Crippen molar-refractivity contribution < 1.29 is 39.0 Å². The molecule has 0 aliphatic rings. The second kappa shape index (κ2) is 13.4. The molecule has 0 spiro atoms. The molecule has 9 N–H and O–H groups in total. The summed E-state index contributed by atoms with van der Waals surface area (Å²) in [6.07, 6.45) is -0.843. The normalized spacial score (nSPS) is 15.5. The van der Waals surface area contributed by atoms with Crippen molar-refractivity contribution in [1.82, 2.24) is 16.0 Å². The molecule has 0 bridgehead atoms. The maximum absolute atomic E-state index is 12.7. The van der Waals surface area contributed by atoms with Crippen LogP contribution in [0.1, 0.15) is 33.1 Å². The van der Waals surface area contributed by atoms with Gasteiger partial charge in [-0.1, -0.05) is 20.3 Å². The standard InChI is InChI=1S/C17H29N5O8S/c1-3-7(2)13(22-14(26)8(18)4-12(24)25)16(28)21-10(6-31)15(27)20-9(17(29)30)5-11(19)23/h7-10,13,31H,3-6,18H2,1-2H3,(H2,19,23)(H,20,27)(H,21,28)(H,22,26)(H,24,25)(H,29,30). The number of thiol groups is 1. The maximum atomic E-state index is 12.7. The molecule has 13 nitrogen and oxygen atoms in total. The van der Waals surface area contributed by atoms with Crippen LogP contribution >= 0.6 is 12.6 Å². The number of hydrogen-bond donors (Lipinski definition) is 8. The molecule has 4 amide bonds. The average Bonchev–Trinajstić information content (AvgIpc) is 2.67. The van der Waals surface area contributed by atoms with Crippen LogP contribution in [0.4, 0.5) is 0 Å². The Bertz CT molecular complexity index is 704. The molecular formula is C17H29N5O8S. The van der Waals surface area contributed by atoms with Crippen molar-refractivity contribution in [3.8, 4) is 0 Å². The number of aliphatic carboxylic acids is 2. The van der Waals surface area contributed by atoms with Crippen LogP contribution in [0.15, 0.2) is 0 Å². The van der Waals surface area contributed by atoms with E-state index in [-0.39, 0.29) is 5.75 Å². The van der Waals surface area contributed by atoms with E-state index in [1.165, 1.54) is 0 Å². The number of carbonyl (C=O) groups excluding carboxylic acids is 4. The summed E-state index contributed by atoms with van der Waals surface area (Å²) in [5.41, 5.74) is 10.5. The molecule has 0 aliphatic heterocycles. The summed E-state index contributed by atoms with van der Waals surface area (Å²) in [5, 5.41) is 24.7. The monoisotopic (exact) mass is 463 g/mol. The maximum Gasteiger partial charge on any atom is 0.326 e. The molecule has 14 heteroatoms. The summed E-state index contributed by atoms with van der Waals surface area (Å²) >= 11 is 3.97. The van der Waals surface area contributed by atoms with Crippen LogP contribution in [0.25, 0.3) is 0 Å². The molecular weight excluding hydrogens is 434 g/mol. The fourth-order valence-corrected chi connectivity index (χ4v) is 2.63. The van der Waals surface area contributed by atoms with Crippen molar-refractivity contribution in [3.63, 3.8) is 0 Å². The lowest BCUT2D eigenvalue weighted by Crippen LogP contribution is -2.59. The number of hydrogen-bond acceptors (Lipinski definition) is 8. The van der Waals surface area contributed by atoms with Gasteiger partial charge in [-0.15, -0.1) is 0 Å². The Morgan fingerprint density at radius 3 is 1.87 bits per heavy atom. The van der Waals surface area contributed by atoms with Gasteiger partial charge in [-0.05, 0) is 5.92 Å². The first-order valence-electron chi connectivity index (χ1n) is 9.34. The zero-order valence-electron chi connectivity index (χ0n) is 17.2. The topological polar surface area (TPSA) is 231 Å². The molecule has 5 unspecified atom stereocenters. The largest absolute Gasteiger partial charge is 0.481 e. The van der Waals surface area contributed by atoms with Crippen molar-refractivity contribution in [1.29, 1.82) is 0 Å². The van der Waals surface area contributed by atoms with Crippen molar-refractivity contribution in [2.75, 3.05) is 5.75 Å². The van der Waals surface area contributed by atoms with Crippen LogP contribution in [0.2, 0.25) is 0 Å². The molecule has 0 rings (SSSR count).